The van der Waals surface area contributed by atoms with E-state index in [1.807, 2.05) is 19.1 Å². The SMILES string of the molecule is CC(C)c1ccccc1[C@@H]1CN(C2CC2)CCN1C1CC2(CCN(c3ccc(C(=O)NS(=O)(=O)c4ccc(NCC5CCC(C)(O)CC5)c([N+](=O)[O-])c4)c(Oc4cnc5[nH]ccc5c4)c3)CC2)C1. The van der Waals surface area contributed by atoms with Crippen molar-refractivity contribution >= 4 is 44.0 Å². The molecule has 5 aliphatic rings. The number of amides is 1. The molecule has 15 nitrogen and oxygen atoms in total. The Hall–Kier alpha value is -5.55. The predicted octanol–water partition coefficient (Wildman–Crippen LogP) is 9.13. The number of nitrogens with zero attached hydrogens (tertiary/aromatic N) is 5. The van der Waals surface area contributed by atoms with E-state index in [0.29, 0.717) is 48.8 Å². The highest BCUT2D eigenvalue weighted by Gasteiger charge is 2.51. The van der Waals surface area contributed by atoms with Gasteiger partial charge < -0.3 is 25.0 Å². The third-order valence-electron chi connectivity index (χ3n) is 15.8. The van der Waals surface area contributed by atoms with Crippen molar-refractivity contribution < 1.29 is 28.0 Å². The number of nitrogens with one attached hydrogen (secondary N) is 3. The van der Waals surface area contributed by atoms with Crippen molar-refractivity contribution in [1.82, 2.24) is 24.5 Å². The normalized spacial score (nSPS) is 23.7. The number of rotatable bonds is 14. The largest absolute Gasteiger partial charge is 0.455 e. The number of fused-ring (bicyclic) bond motifs is 1. The summed E-state index contributed by atoms with van der Waals surface area (Å²) in [6, 6.07) is 23.2. The summed E-state index contributed by atoms with van der Waals surface area (Å²) < 4.78 is 36.1. The number of nitro groups is 1. The van der Waals surface area contributed by atoms with E-state index in [1.54, 1.807) is 30.6 Å². The molecule has 4 heterocycles. The number of aromatic amines is 1. The fourth-order valence-electron chi connectivity index (χ4n) is 11.5. The lowest BCUT2D eigenvalue weighted by Crippen LogP contribution is -2.60. The smallest absolute Gasteiger partial charge is 0.293 e. The van der Waals surface area contributed by atoms with Crippen LogP contribution in [0.3, 0.4) is 0 Å². The first-order valence-electron chi connectivity index (χ1n) is 24.5. The summed E-state index contributed by atoms with van der Waals surface area (Å²) in [5, 5.41) is 26.4. The molecule has 4 N–H and O–H groups in total. The van der Waals surface area contributed by atoms with E-state index in [2.05, 4.69) is 72.8 Å². The second-order valence-electron chi connectivity index (χ2n) is 20.9. The lowest BCUT2D eigenvalue weighted by molar-refractivity contribution is -0.384. The molecule has 1 atom stereocenters. The third-order valence-corrected chi connectivity index (χ3v) is 17.1. The number of piperazine rings is 1. The Bertz CT molecular complexity index is 2780. The first-order chi connectivity index (χ1) is 32.6. The number of carbonyl (C=O) groups excluding carboxylic acids is 1. The molecule has 5 fully saturated rings. The molecule has 68 heavy (non-hydrogen) atoms. The molecule has 0 radical (unpaired) electrons. The molecule has 1 spiro atoms. The third kappa shape index (κ3) is 9.69. The molecule has 3 saturated carbocycles. The lowest BCUT2D eigenvalue weighted by atomic mass is 9.59. The fraction of sp³-hybridized carbons (Fsp3) is 0.500. The molecule has 3 aliphatic carbocycles. The van der Waals surface area contributed by atoms with Gasteiger partial charge in [-0.15, -0.1) is 0 Å². The van der Waals surface area contributed by atoms with Crippen LogP contribution < -0.4 is 19.7 Å². The Labute approximate surface area is 398 Å². The Morgan fingerprint density at radius 2 is 1.72 bits per heavy atom. The van der Waals surface area contributed by atoms with Gasteiger partial charge in [0, 0.05) is 86.8 Å². The summed E-state index contributed by atoms with van der Waals surface area (Å²) in [5.41, 5.74) is 3.80. The number of pyridine rings is 1. The van der Waals surface area contributed by atoms with E-state index in [9.17, 15) is 28.4 Å². The highest BCUT2D eigenvalue weighted by molar-refractivity contribution is 7.90. The quantitative estimate of drug-likeness (QED) is 0.0612. The number of piperidine rings is 1. The van der Waals surface area contributed by atoms with E-state index in [1.165, 1.54) is 48.9 Å². The van der Waals surface area contributed by atoms with Gasteiger partial charge in [0.15, 0.2) is 0 Å². The number of benzene rings is 3. The van der Waals surface area contributed by atoms with Crippen LogP contribution in [0.2, 0.25) is 0 Å². The Kier molecular flexibility index (Phi) is 12.5. The number of hydrogen-bond acceptors (Lipinski definition) is 12. The van der Waals surface area contributed by atoms with Crippen LogP contribution >= 0.6 is 0 Å². The maximum absolute atomic E-state index is 14.0. The van der Waals surface area contributed by atoms with E-state index in [0.717, 1.165) is 81.6 Å². The summed E-state index contributed by atoms with van der Waals surface area (Å²) in [4.78, 5) is 40.6. The lowest BCUT2D eigenvalue weighted by Gasteiger charge is -2.58. The van der Waals surface area contributed by atoms with Gasteiger partial charge in [0.05, 0.1) is 27.2 Å². The minimum Gasteiger partial charge on any atom is -0.455 e. The Morgan fingerprint density at radius 3 is 2.46 bits per heavy atom. The minimum atomic E-state index is -4.57. The highest BCUT2D eigenvalue weighted by atomic mass is 32.2. The first kappa shape index (κ1) is 46.2. The van der Waals surface area contributed by atoms with Crippen LogP contribution in [0.5, 0.6) is 11.5 Å². The van der Waals surface area contributed by atoms with Crippen LogP contribution in [0.15, 0.2) is 90.1 Å². The molecule has 360 valence electrons. The zero-order valence-electron chi connectivity index (χ0n) is 39.3. The molecule has 5 aromatic rings. The number of carbonyl (C=O) groups is 1. The highest BCUT2D eigenvalue weighted by Crippen LogP contribution is 2.54. The van der Waals surface area contributed by atoms with Crippen LogP contribution in [-0.4, -0.2) is 101 Å². The van der Waals surface area contributed by atoms with E-state index in [-0.39, 0.29) is 28.3 Å². The summed E-state index contributed by atoms with van der Waals surface area (Å²) in [6.07, 6.45) is 13.3. The molecular formula is C52H64N8O7S. The van der Waals surface area contributed by atoms with Crippen molar-refractivity contribution in [2.24, 2.45) is 11.3 Å². The summed E-state index contributed by atoms with van der Waals surface area (Å²) in [7, 11) is -4.57. The maximum Gasteiger partial charge on any atom is 0.293 e. The van der Waals surface area contributed by atoms with Gasteiger partial charge in [-0.3, -0.25) is 24.7 Å². The molecule has 2 aromatic heterocycles. The summed E-state index contributed by atoms with van der Waals surface area (Å²) in [6.45, 7) is 11.9. The van der Waals surface area contributed by atoms with Crippen molar-refractivity contribution in [2.75, 3.05) is 49.5 Å². The van der Waals surface area contributed by atoms with E-state index < -0.39 is 37.0 Å². The Morgan fingerprint density at radius 1 is 0.956 bits per heavy atom. The number of aliphatic hydroxyl groups is 1. The second kappa shape index (κ2) is 18.4. The second-order valence-corrected chi connectivity index (χ2v) is 22.6. The molecule has 16 heteroatoms. The van der Waals surface area contributed by atoms with Gasteiger partial charge in [-0.1, -0.05) is 38.1 Å². The number of anilines is 2. The zero-order chi connectivity index (χ0) is 47.4. The van der Waals surface area contributed by atoms with Crippen molar-refractivity contribution in [3.8, 4) is 11.5 Å². The van der Waals surface area contributed by atoms with Crippen LogP contribution in [0, 0.1) is 21.4 Å². The van der Waals surface area contributed by atoms with Gasteiger partial charge in [0.1, 0.15) is 22.8 Å². The standard InChI is InChI=1S/C52H64N8O7S/c1-34(2)42-6-4-5-7-43(42)47-33-58(37-8-9-37)24-25-59(47)39-29-52(30-39)19-22-57(23-20-52)38-10-12-44(48(27-38)67-40-26-36-16-21-53-49(36)55-32-40)50(61)56-68(65,66)41-11-13-45(46(28-41)60(63)64)54-31-35-14-17-51(3,62)18-15-35/h4-7,10-13,16,21,26-28,32,34-35,37,39,47,54,62H,8-9,14-15,17-20,22-25,29-31,33H2,1-3H3,(H,53,55)(H,56,61)/t35?,47-,51?/m0/s1. The van der Waals surface area contributed by atoms with Gasteiger partial charge in [-0.2, -0.15) is 0 Å². The molecule has 1 amide bonds. The molecule has 3 aromatic carbocycles. The number of nitro benzene ring substituents is 1. The summed E-state index contributed by atoms with van der Waals surface area (Å²) in [5.74, 6) is 0.264. The monoisotopic (exact) mass is 944 g/mol. The van der Waals surface area contributed by atoms with Crippen molar-refractivity contribution in [3.63, 3.8) is 0 Å². The van der Waals surface area contributed by atoms with E-state index >= 15 is 0 Å². The van der Waals surface area contributed by atoms with E-state index in [4.69, 9.17) is 4.74 Å². The van der Waals surface area contributed by atoms with Crippen LogP contribution in [-0.2, 0) is 10.0 Å². The van der Waals surface area contributed by atoms with Gasteiger partial charge in [0.25, 0.3) is 21.6 Å². The predicted molar refractivity (Wildman–Crippen MR) is 263 cm³/mol. The van der Waals surface area contributed by atoms with Crippen LogP contribution in [0.4, 0.5) is 17.1 Å². The average molecular weight is 945 g/mol. The molecule has 10 rings (SSSR count). The van der Waals surface area contributed by atoms with Crippen LogP contribution in [0.1, 0.15) is 118 Å². The number of hydrogen-bond donors (Lipinski definition) is 4. The maximum atomic E-state index is 14.0. The van der Waals surface area contributed by atoms with Gasteiger partial charge in [-0.25, -0.2) is 18.1 Å². The molecular weight excluding hydrogens is 881 g/mol. The van der Waals surface area contributed by atoms with Gasteiger partial charge in [-0.05, 0) is 136 Å². The number of H-pyrrole nitrogens is 1. The number of ether oxygens (including phenoxy) is 1. The van der Waals surface area contributed by atoms with Crippen LogP contribution in [0.25, 0.3) is 11.0 Å². The summed E-state index contributed by atoms with van der Waals surface area (Å²) >= 11 is 0. The average Bonchev–Trinajstić information content (AvgIpc) is 4.07. The van der Waals surface area contributed by atoms with Crippen molar-refractivity contribution in [3.05, 3.63) is 112 Å². The number of aromatic nitrogens is 2. The first-order valence-corrected chi connectivity index (χ1v) is 26.0. The zero-order valence-corrected chi connectivity index (χ0v) is 40.1. The molecule has 0 bridgehead atoms. The molecule has 2 saturated heterocycles. The van der Waals surface area contributed by atoms with Gasteiger partial charge in [0.2, 0.25) is 0 Å². The van der Waals surface area contributed by atoms with Crippen molar-refractivity contribution in [2.45, 2.75) is 120 Å². The van der Waals surface area contributed by atoms with Gasteiger partial charge >= 0.3 is 0 Å². The fourth-order valence-corrected chi connectivity index (χ4v) is 12.5. The van der Waals surface area contributed by atoms with Crippen molar-refractivity contribution in [1.29, 1.82) is 0 Å². The number of sulfonamides is 1. The molecule has 2 aliphatic heterocycles. The minimum absolute atomic E-state index is 0.0172. The Balaban J connectivity index is 0.836. The molecule has 0 unspecified atom stereocenters. The topological polar surface area (TPSA) is 186 Å².